The number of rotatable bonds is 9. The largest absolute Gasteiger partial charge is 0.462 e. The number of fused-ring (bicyclic) bond motifs is 1. The van der Waals surface area contributed by atoms with Crippen LogP contribution >= 0.6 is 0 Å². The van der Waals surface area contributed by atoms with E-state index in [1.807, 2.05) is 66.5 Å². The van der Waals surface area contributed by atoms with E-state index in [1.54, 1.807) is 39.0 Å². The summed E-state index contributed by atoms with van der Waals surface area (Å²) in [5, 5.41) is 6.32. The molecule has 1 heterocycles. The van der Waals surface area contributed by atoms with Crippen LogP contribution in [0.5, 0.6) is 0 Å². The van der Waals surface area contributed by atoms with Crippen molar-refractivity contribution < 1.29 is 19.1 Å². The normalized spacial score (nSPS) is 14.1. The highest BCUT2D eigenvalue weighted by Crippen LogP contribution is 2.38. The van der Waals surface area contributed by atoms with Crippen LogP contribution in [0.25, 0.3) is 11.3 Å². The Morgan fingerprint density at radius 3 is 2.32 bits per heavy atom. The molecule has 4 rings (SSSR count). The van der Waals surface area contributed by atoms with Crippen molar-refractivity contribution in [3.05, 3.63) is 95.1 Å². The molecule has 196 valence electrons. The monoisotopic (exact) mass is 512 g/mol. The number of ether oxygens (including phenoxy) is 1. The molecule has 8 nitrogen and oxygen atoms in total. The second-order valence-corrected chi connectivity index (χ2v) is 9.65. The summed E-state index contributed by atoms with van der Waals surface area (Å²) in [6, 6.07) is 22.5. The Balaban J connectivity index is 1.68. The summed E-state index contributed by atoms with van der Waals surface area (Å²) in [6.45, 7) is 6.15. The van der Waals surface area contributed by atoms with Gasteiger partial charge in [0.15, 0.2) is 0 Å². The molecule has 0 atom stereocenters. The van der Waals surface area contributed by atoms with Crippen molar-refractivity contribution >= 4 is 40.4 Å². The second-order valence-electron chi connectivity index (χ2n) is 9.65. The summed E-state index contributed by atoms with van der Waals surface area (Å²) in [4.78, 5) is 39.1. The van der Waals surface area contributed by atoms with E-state index < -0.39 is 11.5 Å². The third-order valence-corrected chi connectivity index (χ3v) is 6.79. The summed E-state index contributed by atoms with van der Waals surface area (Å²) in [6.07, 6.45) is 0. The predicted octanol–water partition coefficient (Wildman–Crippen LogP) is 4.49. The molecule has 0 aliphatic carbocycles. The molecule has 2 amide bonds. The highest BCUT2D eigenvalue weighted by Gasteiger charge is 2.31. The summed E-state index contributed by atoms with van der Waals surface area (Å²) >= 11 is 0. The molecule has 3 aromatic rings. The molecule has 1 aliphatic rings. The zero-order chi connectivity index (χ0) is 27.4. The third kappa shape index (κ3) is 5.45. The Kier molecular flexibility index (Phi) is 7.64. The average Bonchev–Trinajstić information content (AvgIpc) is 3.23. The molecule has 0 saturated heterocycles. The number of anilines is 2. The SMILES string of the molecule is CCOC(=O)c1ccc2c(c1)NC(=O)/C2=C(\Nc1ccc(CN(C)C(C)(C)C(N)=O)cc1)c1ccccc1. The number of benzene rings is 3. The molecule has 4 N–H and O–H groups in total. The number of amides is 2. The van der Waals surface area contributed by atoms with Crippen LogP contribution in [0.4, 0.5) is 11.4 Å². The summed E-state index contributed by atoms with van der Waals surface area (Å²) in [5.41, 5.74) is 10.2. The fraction of sp³-hybridized carbons (Fsp3) is 0.233. The number of carbonyl (C=O) groups is 3. The van der Waals surface area contributed by atoms with Gasteiger partial charge >= 0.3 is 5.97 Å². The topological polar surface area (TPSA) is 114 Å². The minimum Gasteiger partial charge on any atom is -0.462 e. The van der Waals surface area contributed by atoms with Gasteiger partial charge in [-0.3, -0.25) is 14.5 Å². The number of hydrogen-bond acceptors (Lipinski definition) is 6. The first-order valence-electron chi connectivity index (χ1n) is 12.4. The van der Waals surface area contributed by atoms with Gasteiger partial charge in [0, 0.05) is 17.8 Å². The van der Waals surface area contributed by atoms with Crippen LogP contribution in [-0.2, 0) is 20.9 Å². The number of primary amides is 1. The Labute approximate surface area is 222 Å². The summed E-state index contributed by atoms with van der Waals surface area (Å²) in [5.74, 6) is -1.09. The maximum atomic E-state index is 13.2. The lowest BCUT2D eigenvalue weighted by atomic mass is 9.99. The number of nitrogens with two attached hydrogens (primary N) is 1. The Hall–Kier alpha value is -4.43. The van der Waals surface area contributed by atoms with Gasteiger partial charge in [0.2, 0.25) is 5.91 Å². The van der Waals surface area contributed by atoms with E-state index in [4.69, 9.17) is 10.5 Å². The molecular formula is C30H32N4O4. The van der Waals surface area contributed by atoms with E-state index >= 15 is 0 Å². The van der Waals surface area contributed by atoms with E-state index in [1.165, 1.54) is 0 Å². The molecule has 3 aromatic carbocycles. The molecule has 0 unspecified atom stereocenters. The van der Waals surface area contributed by atoms with Crippen molar-refractivity contribution in [3.8, 4) is 0 Å². The Morgan fingerprint density at radius 1 is 1.00 bits per heavy atom. The first-order valence-corrected chi connectivity index (χ1v) is 12.4. The second kappa shape index (κ2) is 10.9. The molecule has 0 aromatic heterocycles. The van der Waals surface area contributed by atoms with Crippen LogP contribution in [0.1, 0.15) is 47.8 Å². The van der Waals surface area contributed by atoms with Crippen LogP contribution in [0.3, 0.4) is 0 Å². The molecule has 0 spiro atoms. The van der Waals surface area contributed by atoms with Gasteiger partial charge in [0.1, 0.15) is 0 Å². The highest BCUT2D eigenvalue weighted by molar-refractivity contribution is 6.37. The maximum absolute atomic E-state index is 13.2. The lowest BCUT2D eigenvalue weighted by Gasteiger charge is -2.32. The average molecular weight is 513 g/mol. The first-order chi connectivity index (χ1) is 18.1. The molecule has 0 saturated carbocycles. The number of hydrogen-bond donors (Lipinski definition) is 3. The molecule has 1 aliphatic heterocycles. The van der Waals surface area contributed by atoms with E-state index in [0.29, 0.717) is 34.6 Å². The summed E-state index contributed by atoms with van der Waals surface area (Å²) < 4.78 is 5.10. The van der Waals surface area contributed by atoms with Gasteiger partial charge < -0.3 is 21.1 Å². The van der Waals surface area contributed by atoms with Gasteiger partial charge in [-0.25, -0.2) is 4.79 Å². The molecule has 0 fully saturated rings. The van der Waals surface area contributed by atoms with Gasteiger partial charge in [-0.05, 0) is 63.2 Å². The van der Waals surface area contributed by atoms with Crippen LogP contribution in [0, 0.1) is 0 Å². The smallest absolute Gasteiger partial charge is 0.338 e. The minimum absolute atomic E-state index is 0.265. The Bertz CT molecular complexity index is 1400. The first kappa shape index (κ1) is 26.6. The van der Waals surface area contributed by atoms with Crippen molar-refractivity contribution in [2.45, 2.75) is 32.9 Å². The van der Waals surface area contributed by atoms with Crippen molar-refractivity contribution in [3.63, 3.8) is 0 Å². The fourth-order valence-corrected chi connectivity index (χ4v) is 4.14. The van der Waals surface area contributed by atoms with Crippen molar-refractivity contribution in [1.82, 2.24) is 4.90 Å². The van der Waals surface area contributed by atoms with Crippen molar-refractivity contribution in [2.24, 2.45) is 5.73 Å². The lowest BCUT2D eigenvalue weighted by Crippen LogP contribution is -2.51. The van der Waals surface area contributed by atoms with Gasteiger partial charge in [-0.2, -0.15) is 0 Å². The number of esters is 1. The molecule has 8 heteroatoms. The van der Waals surface area contributed by atoms with E-state index in [9.17, 15) is 14.4 Å². The maximum Gasteiger partial charge on any atom is 0.338 e. The van der Waals surface area contributed by atoms with Crippen molar-refractivity contribution in [2.75, 3.05) is 24.3 Å². The number of likely N-dealkylation sites (N-methyl/N-ethyl adjacent to an activating group) is 1. The Morgan fingerprint density at radius 2 is 1.68 bits per heavy atom. The standard InChI is InChI=1S/C30H32N4O4/c1-5-38-28(36)21-13-16-23-24(17-21)33-27(35)25(23)26(20-9-7-6-8-10-20)32-22-14-11-19(12-15-22)18-34(4)30(2,3)29(31)37/h6-17,32H,5,18H2,1-4H3,(H2,31,37)(H,33,35)/b26-25-. The zero-order valence-corrected chi connectivity index (χ0v) is 22.0. The third-order valence-electron chi connectivity index (χ3n) is 6.79. The lowest BCUT2D eigenvalue weighted by molar-refractivity contribution is -0.127. The van der Waals surface area contributed by atoms with Gasteiger partial charge in [-0.1, -0.05) is 48.5 Å². The summed E-state index contributed by atoms with van der Waals surface area (Å²) in [7, 11) is 1.86. The van der Waals surface area contributed by atoms with Crippen molar-refractivity contribution in [1.29, 1.82) is 0 Å². The minimum atomic E-state index is -0.780. The van der Waals surface area contributed by atoms with E-state index in [-0.39, 0.29) is 18.4 Å². The van der Waals surface area contributed by atoms with Crippen LogP contribution in [-0.4, -0.2) is 41.9 Å². The highest BCUT2D eigenvalue weighted by atomic mass is 16.5. The molecule has 0 radical (unpaired) electrons. The number of nitrogens with one attached hydrogen (secondary N) is 2. The van der Waals surface area contributed by atoms with Gasteiger partial charge in [0.25, 0.3) is 5.91 Å². The zero-order valence-electron chi connectivity index (χ0n) is 22.0. The van der Waals surface area contributed by atoms with Crippen LogP contribution < -0.4 is 16.4 Å². The van der Waals surface area contributed by atoms with E-state index in [0.717, 1.165) is 16.8 Å². The van der Waals surface area contributed by atoms with Gasteiger partial charge in [0.05, 0.1) is 34.7 Å². The van der Waals surface area contributed by atoms with E-state index in [2.05, 4.69) is 10.6 Å². The van der Waals surface area contributed by atoms with Crippen LogP contribution in [0.2, 0.25) is 0 Å². The molecule has 38 heavy (non-hydrogen) atoms. The number of carbonyl (C=O) groups excluding carboxylic acids is 3. The quantitative estimate of drug-likeness (QED) is 0.288. The van der Waals surface area contributed by atoms with Crippen LogP contribution in [0.15, 0.2) is 72.8 Å². The fourth-order valence-electron chi connectivity index (χ4n) is 4.14. The predicted molar refractivity (Wildman–Crippen MR) is 149 cm³/mol. The molecular weight excluding hydrogens is 480 g/mol. The van der Waals surface area contributed by atoms with Gasteiger partial charge in [-0.15, -0.1) is 0 Å². The molecule has 0 bridgehead atoms. The number of nitrogens with zero attached hydrogens (tertiary/aromatic N) is 1.